The van der Waals surface area contributed by atoms with Crippen LogP contribution in [0.25, 0.3) is 0 Å². The molecule has 0 heterocycles. The van der Waals surface area contributed by atoms with Crippen molar-refractivity contribution in [3.63, 3.8) is 0 Å². The Balaban J connectivity index is 4.56. The van der Waals surface area contributed by atoms with Crippen LogP contribution in [-0.2, 0) is 14.3 Å². The average Bonchev–Trinajstić information content (AvgIpc) is 2.87. The fraction of sp³-hybridized carbons (Fsp3) is 0.600. The molecule has 30 heavy (non-hydrogen) atoms. The highest BCUT2D eigenvalue weighted by atomic mass is 19.4. The lowest BCUT2D eigenvalue weighted by Crippen LogP contribution is -2.50. The maximum Gasteiger partial charge on any atom is 0.417 e. The summed E-state index contributed by atoms with van der Waals surface area (Å²) in [6.45, 7) is 0.320. The van der Waals surface area contributed by atoms with Crippen LogP contribution in [0.15, 0.2) is 22.3 Å². The number of ether oxygens (including phenoxy) is 1. The normalized spacial score (nSPS) is 18.2. The number of alkyl halides is 12. The van der Waals surface area contributed by atoms with E-state index in [4.69, 9.17) is 0 Å². The molecule has 1 aliphatic rings. The zero-order valence-electron chi connectivity index (χ0n) is 14.7. The predicted molar refractivity (Wildman–Crippen MR) is 72.6 cm³/mol. The highest BCUT2D eigenvalue weighted by Gasteiger charge is 2.75. The van der Waals surface area contributed by atoms with Gasteiger partial charge in [0.15, 0.2) is 11.2 Å². The fourth-order valence-electron chi connectivity index (χ4n) is 3.13. The van der Waals surface area contributed by atoms with Gasteiger partial charge < -0.3 is 4.74 Å². The van der Waals surface area contributed by atoms with Crippen LogP contribution >= 0.6 is 0 Å². The van der Waals surface area contributed by atoms with E-state index in [1.165, 1.54) is 0 Å². The fourth-order valence-corrected chi connectivity index (χ4v) is 3.13. The van der Waals surface area contributed by atoms with Gasteiger partial charge in [0.25, 0.3) is 0 Å². The van der Waals surface area contributed by atoms with Gasteiger partial charge in [-0.25, -0.2) is 0 Å². The predicted octanol–water partition coefficient (Wildman–Crippen LogP) is 5.37. The maximum atomic E-state index is 13.6. The van der Waals surface area contributed by atoms with Crippen LogP contribution in [0.2, 0.25) is 0 Å². The van der Waals surface area contributed by atoms with E-state index in [1.807, 2.05) is 0 Å². The number of hydrogen-bond donors (Lipinski definition) is 0. The topological polar surface area (TPSA) is 43.4 Å². The van der Waals surface area contributed by atoms with Gasteiger partial charge in [0.2, 0.25) is 0 Å². The third-order valence-corrected chi connectivity index (χ3v) is 3.95. The molecule has 0 spiro atoms. The number of Topliss-reactive ketones (excluding diaryl/α,β-unsaturated/α-hetero) is 1. The van der Waals surface area contributed by atoms with E-state index in [2.05, 4.69) is 4.74 Å². The summed E-state index contributed by atoms with van der Waals surface area (Å²) in [4.78, 5) is 24.4. The second-order valence-electron chi connectivity index (χ2n) is 5.74. The second kappa shape index (κ2) is 7.48. The molecule has 0 aromatic rings. The third kappa shape index (κ3) is 4.02. The molecule has 0 aromatic heterocycles. The lowest BCUT2D eigenvalue weighted by molar-refractivity contribution is -0.171. The monoisotopic (exact) mass is 466 g/mol. The molecule has 0 unspecified atom stereocenters. The Kier molecular flexibility index (Phi) is 6.44. The van der Waals surface area contributed by atoms with Crippen LogP contribution in [0.4, 0.5) is 52.7 Å². The first-order chi connectivity index (χ1) is 13.2. The number of carbonyl (C=O) groups is 2. The third-order valence-electron chi connectivity index (χ3n) is 3.95. The van der Waals surface area contributed by atoms with Crippen molar-refractivity contribution in [2.75, 3.05) is 6.61 Å². The maximum absolute atomic E-state index is 13.6. The summed E-state index contributed by atoms with van der Waals surface area (Å²) in [5, 5.41) is 0. The van der Waals surface area contributed by atoms with Crippen LogP contribution in [0.3, 0.4) is 0 Å². The Hall–Kier alpha value is -2.22. The molecule has 0 bridgehead atoms. The number of rotatable bonds is 4. The van der Waals surface area contributed by atoms with E-state index in [0.29, 0.717) is 6.92 Å². The largest absolute Gasteiger partial charge is 0.465 e. The van der Waals surface area contributed by atoms with Crippen LogP contribution < -0.4 is 0 Å². The van der Waals surface area contributed by atoms with Gasteiger partial charge in [-0.3, -0.25) is 9.59 Å². The lowest BCUT2D eigenvalue weighted by Gasteiger charge is -2.33. The summed E-state index contributed by atoms with van der Waals surface area (Å²) >= 11 is 0. The van der Waals surface area contributed by atoms with Crippen LogP contribution in [-0.4, -0.2) is 43.1 Å². The minimum Gasteiger partial charge on any atom is -0.465 e. The Bertz CT molecular complexity index is 742. The molecule has 0 N–H and O–H groups in total. The van der Waals surface area contributed by atoms with Crippen molar-refractivity contribution in [3.05, 3.63) is 22.3 Å². The molecule has 0 amide bonds. The van der Waals surface area contributed by atoms with E-state index in [-0.39, 0.29) is 0 Å². The molecule has 0 aliphatic heterocycles. The first kappa shape index (κ1) is 25.8. The Morgan fingerprint density at radius 3 is 1.23 bits per heavy atom. The molecule has 3 nitrogen and oxygen atoms in total. The van der Waals surface area contributed by atoms with E-state index in [0.717, 1.165) is 6.92 Å². The molecule has 172 valence electrons. The van der Waals surface area contributed by atoms with E-state index in [1.54, 1.807) is 0 Å². The smallest absolute Gasteiger partial charge is 0.417 e. The number of hydrogen-bond acceptors (Lipinski definition) is 3. The van der Waals surface area contributed by atoms with Gasteiger partial charge in [-0.05, 0) is 6.92 Å². The molecule has 1 aliphatic carbocycles. The standard InChI is InChI=1S/C15H10F12O3/c1-3-5(28)11(10(29)30-4-2)8(14(22,23)24)6(12(16,17)18)7(13(19,20)21)9(11)15(25,26)27/h3-4H2,1-2H3. The highest BCUT2D eigenvalue weighted by Crippen LogP contribution is 2.64. The molecule has 0 saturated carbocycles. The van der Waals surface area contributed by atoms with Gasteiger partial charge in [-0.1, -0.05) is 6.92 Å². The van der Waals surface area contributed by atoms with Gasteiger partial charge >= 0.3 is 30.7 Å². The van der Waals surface area contributed by atoms with E-state index < -0.39 is 77.2 Å². The van der Waals surface area contributed by atoms with Gasteiger partial charge in [0, 0.05) is 6.42 Å². The van der Waals surface area contributed by atoms with Crippen LogP contribution in [0, 0.1) is 5.41 Å². The van der Waals surface area contributed by atoms with E-state index in [9.17, 15) is 62.3 Å². The van der Waals surface area contributed by atoms with Crippen molar-refractivity contribution in [2.24, 2.45) is 5.41 Å². The molecule has 0 aromatic carbocycles. The molecule has 0 saturated heterocycles. The van der Waals surface area contributed by atoms with Gasteiger partial charge in [0.05, 0.1) is 28.9 Å². The van der Waals surface area contributed by atoms with Crippen molar-refractivity contribution in [1.29, 1.82) is 0 Å². The summed E-state index contributed by atoms with van der Waals surface area (Å²) < 4.78 is 165. The minimum absolute atomic E-state index is 0.560. The summed E-state index contributed by atoms with van der Waals surface area (Å²) in [7, 11) is 0. The number of allylic oxidation sites excluding steroid dienone is 2. The van der Waals surface area contributed by atoms with Crippen molar-refractivity contribution in [3.8, 4) is 0 Å². The second-order valence-corrected chi connectivity index (χ2v) is 5.74. The van der Waals surface area contributed by atoms with Gasteiger partial charge in [-0.2, -0.15) is 52.7 Å². The SMILES string of the molecule is CCOC(=O)C1(C(=O)CC)C(C(F)(F)F)=C(C(F)(F)F)C(C(F)(F)F)=C1C(F)(F)F. The zero-order valence-corrected chi connectivity index (χ0v) is 14.7. The van der Waals surface area contributed by atoms with Crippen molar-refractivity contribution in [1.82, 2.24) is 0 Å². The van der Waals surface area contributed by atoms with Crippen molar-refractivity contribution in [2.45, 2.75) is 45.0 Å². The minimum atomic E-state index is -6.67. The van der Waals surface area contributed by atoms with Crippen LogP contribution in [0.1, 0.15) is 20.3 Å². The lowest BCUT2D eigenvalue weighted by atomic mass is 9.70. The van der Waals surface area contributed by atoms with Gasteiger partial charge in [-0.15, -0.1) is 0 Å². The summed E-state index contributed by atoms with van der Waals surface area (Å²) in [6, 6.07) is 0. The molecular weight excluding hydrogens is 456 g/mol. The highest BCUT2D eigenvalue weighted by molar-refractivity contribution is 6.12. The molecule has 1 rings (SSSR count). The molecule has 0 fully saturated rings. The van der Waals surface area contributed by atoms with Gasteiger partial charge in [0.1, 0.15) is 0 Å². The summed E-state index contributed by atoms with van der Waals surface area (Å²) in [5.41, 5.74) is -20.0. The number of carbonyl (C=O) groups excluding carboxylic acids is 2. The summed E-state index contributed by atoms with van der Waals surface area (Å²) in [6.07, 6.45) is -28.0. The number of halogens is 12. The van der Waals surface area contributed by atoms with Crippen molar-refractivity contribution < 1.29 is 67.0 Å². The van der Waals surface area contributed by atoms with E-state index >= 15 is 0 Å². The van der Waals surface area contributed by atoms with Crippen LogP contribution in [0.5, 0.6) is 0 Å². The molecule has 15 heteroatoms. The quantitative estimate of drug-likeness (QED) is 0.318. The van der Waals surface area contributed by atoms with Crippen molar-refractivity contribution >= 4 is 11.8 Å². The Labute approximate surface area is 159 Å². The molecule has 0 radical (unpaired) electrons. The Morgan fingerprint density at radius 1 is 0.700 bits per heavy atom. The number of ketones is 1. The summed E-state index contributed by atoms with van der Waals surface area (Å²) in [5.74, 6) is -5.35. The first-order valence-corrected chi connectivity index (χ1v) is 7.69. The molecule has 0 atom stereocenters. The molecular formula is C15H10F12O3. The number of esters is 1. The average molecular weight is 466 g/mol. The Morgan fingerprint density at radius 2 is 1.03 bits per heavy atom. The first-order valence-electron chi connectivity index (χ1n) is 7.69. The zero-order chi connectivity index (χ0) is 24.1.